The molecule has 0 bridgehead atoms. The average Bonchev–Trinajstić information content (AvgIpc) is 2.35. The number of benzene rings is 1. The van der Waals surface area contributed by atoms with Crippen LogP contribution in [0.15, 0.2) is 24.3 Å². The topological polar surface area (TPSA) is 29.1 Å². The van der Waals surface area contributed by atoms with E-state index in [1.165, 1.54) is 19.3 Å². The van der Waals surface area contributed by atoms with Gasteiger partial charge in [0.15, 0.2) is 0 Å². The van der Waals surface area contributed by atoms with Gasteiger partial charge in [0.05, 0.1) is 0 Å². The Labute approximate surface area is 130 Å². The lowest BCUT2D eigenvalue weighted by atomic mass is 9.83. The maximum Gasteiger partial charge on any atom is 0.244 e. The molecule has 20 heavy (non-hydrogen) atoms. The van der Waals surface area contributed by atoms with Gasteiger partial charge in [0.2, 0.25) is 5.91 Å². The molecule has 1 N–H and O–H groups in total. The zero-order valence-corrected chi connectivity index (χ0v) is 13.1. The molecule has 1 fully saturated rings. The summed E-state index contributed by atoms with van der Waals surface area (Å²) in [5, 5.41) is 4.24. The van der Waals surface area contributed by atoms with Crippen molar-refractivity contribution in [2.75, 3.05) is 0 Å². The van der Waals surface area contributed by atoms with Crippen LogP contribution >= 0.6 is 23.2 Å². The summed E-state index contributed by atoms with van der Waals surface area (Å²) in [6, 6.07) is 5.22. The standard InChI is InChI=1S/C16H19Cl2NO/c1-16(7-3-2-4-8-16)19-15(20)6-5-12-9-13(17)11-14(18)10-12/h5-6,9-11H,2-4,7-8H2,1H3,(H,19,20). The zero-order valence-electron chi connectivity index (χ0n) is 11.6. The average molecular weight is 312 g/mol. The van der Waals surface area contributed by atoms with Gasteiger partial charge in [-0.25, -0.2) is 0 Å². The highest BCUT2D eigenvalue weighted by molar-refractivity contribution is 6.34. The number of halogens is 2. The van der Waals surface area contributed by atoms with Crippen molar-refractivity contribution in [2.45, 2.75) is 44.6 Å². The maximum absolute atomic E-state index is 12.0. The Morgan fingerprint density at radius 2 is 1.75 bits per heavy atom. The first-order valence-electron chi connectivity index (χ1n) is 6.93. The first kappa shape index (κ1) is 15.4. The van der Waals surface area contributed by atoms with Crippen molar-refractivity contribution in [1.29, 1.82) is 0 Å². The van der Waals surface area contributed by atoms with Crippen LogP contribution in [0.3, 0.4) is 0 Å². The van der Waals surface area contributed by atoms with Crippen LogP contribution in [0.5, 0.6) is 0 Å². The summed E-state index contributed by atoms with van der Waals surface area (Å²) in [6.45, 7) is 2.12. The van der Waals surface area contributed by atoms with Gasteiger partial charge in [-0.15, -0.1) is 0 Å². The molecule has 108 valence electrons. The fourth-order valence-corrected chi connectivity index (χ4v) is 3.18. The highest BCUT2D eigenvalue weighted by atomic mass is 35.5. The molecule has 0 aliphatic heterocycles. The third-order valence-electron chi connectivity index (χ3n) is 3.69. The van der Waals surface area contributed by atoms with Crippen LogP contribution in [0.2, 0.25) is 10.0 Å². The van der Waals surface area contributed by atoms with Crippen LogP contribution in [0.1, 0.15) is 44.6 Å². The number of hydrogen-bond acceptors (Lipinski definition) is 1. The number of nitrogens with one attached hydrogen (secondary N) is 1. The SMILES string of the molecule is CC1(NC(=O)C=Cc2cc(Cl)cc(Cl)c2)CCCCC1. The van der Waals surface area contributed by atoms with Crippen molar-refractivity contribution >= 4 is 35.2 Å². The molecule has 1 aliphatic rings. The fraction of sp³-hybridized carbons (Fsp3) is 0.438. The highest BCUT2D eigenvalue weighted by Gasteiger charge is 2.27. The Kier molecular flexibility index (Phi) is 5.11. The lowest BCUT2D eigenvalue weighted by Gasteiger charge is -2.34. The number of carbonyl (C=O) groups is 1. The van der Waals surface area contributed by atoms with E-state index in [2.05, 4.69) is 12.2 Å². The summed E-state index contributed by atoms with van der Waals surface area (Å²) in [4.78, 5) is 12.0. The first-order valence-corrected chi connectivity index (χ1v) is 7.69. The molecule has 4 heteroatoms. The fourth-order valence-electron chi connectivity index (χ4n) is 2.64. The molecule has 1 aromatic carbocycles. The third kappa shape index (κ3) is 4.53. The molecule has 0 heterocycles. The van der Waals surface area contributed by atoms with Gasteiger partial charge in [0, 0.05) is 21.7 Å². The minimum absolute atomic E-state index is 0.0638. The van der Waals surface area contributed by atoms with Gasteiger partial charge in [0.25, 0.3) is 0 Å². The van der Waals surface area contributed by atoms with Crippen molar-refractivity contribution in [3.63, 3.8) is 0 Å². The van der Waals surface area contributed by atoms with Gasteiger partial charge in [0.1, 0.15) is 0 Å². The third-order valence-corrected chi connectivity index (χ3v) is 4.13. The molecule has 0 radical (unpaired) electrons. The summed E-state index contributed by atoms with van der Waals surface area (Å²) in [5.41, 5.74) is 0.762. The summed E-state index contributed by atoms with van der Waals surface area (Å²) in [6.07, 6.45) is 9.02. The molecule has 0 saturated heterocycles. The lowest BCUT2D eigenvalue weighted by Crippen LogP contribution is -2.46. The van der Waals surface area contributed by atoms with Gasteiger partial charge in [-0.05, 0) is 49.6 Å². The largest absolute Gasteiger partial charge is 0.347 e. The molecule has 0 spiro atoms. The minimum Gasteiger partial charge on any atom is -0.347 e. The second-order valence-corrected chi connectivity index (χ2v) is 6.52. The van der Waals surface area contributed by atoms with E-state index < -0.39 is 0 Å². The summed E-state index contributed by atoms with van der Waals surface area (Å²) >= 11 is 11.8. The number of rotatable bonds is 3. The predicted octanol–water partition coefficient (Wildman–Crippen LogP) is 4.85. The van der Waals surface area contributed by atoms with Crippen LogP contribution in [0.25, 0.3) is 6.08 Å². The molecule has 1 amide bonds. The van der Waals surface area contributed by atoms with Gasteiger partial charge in [-0.3, -0.25) is 4.79 Å². The molecule has 1 aromatic rings. The molecule has 0 aromatic heterocycles. The molecule has 1 aliphatic carbocycles. The van der Waals surface area contributed by atoms with E-state index >= 15 is 0 Å². The lowest BCUT2D eigenvalue weighted by molar-refractivity contribution is -0.118. The van der Waals surface area contributed by atoms with E-state index in [4.69, 9.17) is 23.2 Å². The highest BCUT2D eigenvalue weighted by Crippen LogP contribution is 2.27. The van der Waals surface area contributed by atoms with E-state index in [0.29, 0.717) is 10.0 Å². The molecular weight excluding hydrogens is 293 g/mol. The summed E-state index contributed by atoms with van der Waals surface area (Å²) in [5.74, 6) is -0.0644. The molecule has 0 atom stereocenters. The Hall–Kier alpha value is -0.990. The van der Waals surface area contributed by atoms with Crippen LogP contribution in [-0.2, 0) is 4.79 Å². The Morgan fingerprint density at radius 3 is 2.35 bits per heavy atom. The zero-order chi connectivity index (χ0) is 14.6. The van der Waals surface area contributed by atoms with E-state index in [-0.39, 0.29) is 11.4 Å². The Morgan fingerprint density at radius 1 is 1.15 bits per heavy atom. The van der Waals surface area contributed by atoms with Crippen LogP contribution < -0.4 is 5.32 Å². The van der Waals surface area contributed by atoms with Crippen LogP contribution in [0, 0.1) is 0 Å². The Balaban J connectivity index is 1.98. The maximum atomic E-state index is 12.0. The van der Waals surface area contributed by atoms with E-state index in [1.807, 2.05) is 0 Å². The summed E-state index contributed by atoms with van der Waals surface area (Å²) in [7, 11) is 0. The van der Waals surface area contributed by atoms with Crippen LogP contribution in [-0.4, -0.2) is 11.4 Å². The molecule has 2 rings (SSSR count). The van der Waals surface area contributed by atoms with Crippen molar-refractivity contribution in [2.24, 2.45) is 0 Å². The predicted molar refractivity (Wildman–Crippen MR) is 85.1 cm³/mol. The van der Waals surface area contributed by atoms with Crippen LogP contribution in [0.4, 0.5) is 0 Å². The van der Waals surface area contributed by atoms with E-state index in [1.54, 1.807) is 30.4 Å². The van der Waals surface area contributed by atoms with Crippen molar-refractivity contribution < 1.29 is 4.79 Å². The smallest absolute Gasteiger partial charge is 0.244 e. The molecule has 2 nitrogen and oxygen atoms in total. The van der Waals surface area contributed by atoms with Gasteiger partial charge < -0.3 is 5.32 Å². The number of hydrogen-bond donors (Lipinski definition) is 1. The molecule has 0 unspecified atom stereocenters. The van der Waals surface area contributed by atoms with Gasteiger partial charge in [-0.1, -0.05) is 42.5 Å². The van der Waals surface area contributed by atoms with E-state index in [0.717, 1.165) is 18.4 Å². The summed E-state index contributed by atoms with van der Waals surface area (Å²) < 4.78 is 0. The second-order valence-electron chi connectivity index (χ2n) is 5.65. The number of amides is 1. The quantitative estimate of drug-likeness (QED) is 0.795. The van der Waals surface area contributed by atoms with Crippen molar-refractivity contribution in [3.05, 3.63) is 39.9 Å². The second kappa shape index (κ2) is 6.64. The van der Waals surface area contributed by atoms with Gasteiger partial charge in [-0.2, -0.15) is 0 Å². The van der Waals surface area contributed by atoms with Crippen molar-refractivity contribution in [3.8, 4) is 0 Å². The van der Waals surface area contributed by atoms with E-state index in [9.17, 15) is 4.79 Å². The first-order chi connectivity index (χ1) is 9.47. The minimum atomic E-state index is -0.0644. The Bertz CT molecular complexity index is 499. The monoisotopic (exact) mass is 311 g/mol. The molecule has 1 saturated carbocycles. The normalized spacial score (nSPS) is 18.1. The molecular formula is C16H19Cl2NO. The van der Waals surface area contributed by atoms with Crippen molar-refractivity contribution in [1.82, 2.24) is 5.32 Å². The number of carbonyl (C=O) groups excluding carboxylic acids is 1. The van der Waals surface area contributed by atoms with Gasteiger partial charge >= 0.3 is 0 Å².